The molecule has 0 saturated carbocycles. The number of hydrogen-bond acceptors (Lipinski definition) is 3. The minimum absolute atomic E-state index is 0.310. The van der Waals surface area contributed by atoms with Crippen molar-refractivity contribution in [3.63, 3.8) is 0 Å². The van der Waals surface area contributed by atoms with Crippen LogP contribution >= 0.6 is 11.6 Å². The number of carbonyl (C=O) groups excluding carboxylic acids is 1. The summed E-state index contributed by atoms with van der Waals surface area (Å²) in [6, 6.07) is 5.17. The van der Waals surface area contributed by atoms with Crippen LogP contribution in [-0.4, -0.2) is 12.6 Å². The van der Waals surface area contributed by atoms with E-state index in [4.69, 9.17) is 20.8 Å². The molecule has 1 aromatic heterocycles. The highest BCUT2D eigenvalue weighted by atomic mass is 35.5. The van der Waals surface area contributed by atoms with E-state index in [1.165, 1.54) is 0 Å². The molecule has 0 aliphatic heterocycles. The molecule has 0 aliphatic rings. The highest BCUT2D eigenvalue weighted by molar-refractivity contribution is 6.31. The standard InChI is InChI=1S/C15H15ClO3/c1-4-9(3)14-13(15(17)18-5-2)11-8-10(16)6-7-12(11)19-14/h6-8H,3-5H2,1-2H3. The largest absolute Gasteiger partial charge is 0.462 e. The number of benzene rings is 1. The van der Waals surface area contributed by atoms with Gasteiger partial charge in [0.05, 0.1) is 6.61 Å². The maximum Gasteiger partial charge on any atom is 0.342 e. The third kappa shape index (κ3) is 2.51. The molecular weight excluding hydrogens is 264 g/mol. The van der Waals surface area contributed by atoms with Crippen molar-refractivity contribution in [2.75, 3.05) is 6.61 Å². The normalized spacial score (nSPS) is 10.7. The Morgan fingerprint density at radius 2 is 2.16 bits per heavy atom. The minimum Gasteiger partial charge on any atom is -0.462 e. The second kappa shape index (κ2) is 5.49. The van der Waals surface area contributed by atoms with Crippen LogP contribution < -0.4 is 0 Å². The highest BCUT2D eigenvalue weighted by Gasteiger charge is 2.23. The Hall–Kier alpha value is -1.74. The van der Waals surface area contributed by atoms with Gasteiger partial charge in [-0.25, -0.2) is 4.79 Å². The SMILES string of the molecule is C=C(CC)c1oc2ccc(Cl)cc2c1C(=O)OCC. The molecule has 2 aromatic rings. The molecular formula is C15H15ClO3. The molecule has 0 fully saturated rings. The monoisotopic (exact) mass is 278 g/mol. The summed E-state index contributed by atoms with van der Waals surface area (Å²) >= 11 is 5.98. The number of allylic oxidation sites excluding steroid dienone is 1. The van der Waals surface area contributed by atoms with Crippen molar-refractivity contribution in [1.29, 1.82) is 0 Å². The van der Waals surface area contributed by atoms with E-state index in [0.717, 1.165) is 5.57 Å². The summed E-state index contributed by atoms with van der Waals surface area (Å²) in [6.07, 6.45) is 0.694. The Bertz CT molecular complexity index is 640. The van der Waals surface area contributed by atoms with E-state index >= 15 is 0 Å². The topological polar surface area (TPSA) is 39.4 Å². The quantitative estimate of drug-likeness (QED) is 0.762. The van der Waals surface area contributed by atoms with Gasteiger partial charge in [0.1, 0.15) is 16.9 Å². The molecule has 0 N–H and O–H groups in total. The lowest BCUT2D eigenvalue weighted by atomic mass is 10.1. The molecule has 0 amide bonds. The Kier molecular flexibility index (Phi) is 3.96. The number of ether oxygens (including phenoxy) is 1. The first-order valence-corrected chi connectivity index (χ1v) is 6.53. The summed E-state index contributed by atoms with van der Waals surface area (Å²) in [5, 5.41) is 1.21. The van der Waals surface area contributed by atoms with E-state index in [1.54, 1.807) is 25.1 Å². The molecule has 100 valence electrons. The van der Waals surface area contributed by atoms with Gasteiger partial charge in [-0.3, -0.25) is 0 Å². The molecule has 1 heterocycles. The summed E-state index contributed by atoms with van der Waals surface area (Å²) in [5.41, 5.74) is 1.78. The summed E-state index contributed by atoms with van der Waals surface area (Å²) in [6.45, 7) is 7.96. The summed E-state index contributed by atoms with van der Waals surface area (Å²) < 4.78 is 10.8. The Balaban J connectivity index is 2.69. The van der Waals surface area contributed by atoms with Crippen LogP contribution in [0, 0.1) is 0 Å². The molecule has 0 aliphatic carbocycles. The molecule has 0 unspecified atom stereocenters. The molecule has 0 spiro atoms. The molecule has 0 bridgehead atoms. The van der Waals surface area contributed by atoms with Gasteiger partial charge in [0.15, 0.2) is 0 Å². The predicted octanol–water partition coefficient (Wildman–Crippen LogP) is 4.69. The summed E-state index contributed by atoms with van der Waals surface area (Å²) in [5.74, 6) is 0.0753. The van der Waals surface area contributed by atoms with Crippen LogP contribution in [-0.2, 0) is 4.74 Å². The van der Waals surface area contributed by atoms with Gasteiger partial charge in [0.25, 0.3) is 0 Å². The van der Waals surface area contributed by atoms with E-state index < -0.39 is 5.97 Å². The Morgan fingerprint density at radius 3 is 2.79 bits per heavy atom. The van der Waals surface area contributed by atoms with Crippen molar-refractivity contribution in [1.82, 2.24) is 0 Å². The number of halogens is 1. The van der Waals surface area contributed by atoms with Gasteiger partial charge in [-0.05, 0) is 37.1 Å². The molecule has 0 atom stereocenters. The van der Waals surface area contributed by atoms with Crippen LogP contribution in [0.2, 0.25) is 5.02 Å². The third-order valence-corrected chi connectivity index (χ3v) is 3.11. The van der Waals surface area contributed by atoms with Crippen molar-refractivity contribution < 1.29 is 13.9 Å². The first-order chi connectivity index (χ1) is 9.08. The third-order valence-electron chi connectivity index (χ3n) is 2.88. The van der Waals surface area contributed by atoms with Crippen LogP contribution in [0.15, 0.2) is 29.2 Å². The van der Waals surface area contributed by atoms with Crippen LogP contribution in [0.1, 0.15) is 36.4 Å². The van der Waals surface area contributed by atoms with E-state index in [2.05, 4.69) is 6.58 Å². The molecule has 1 aromatic carbocycles. The Labute approximate surface area is 116 Å². The van der Waals surface area contributed by atoms with Gasteiger partial charge in [-0.1, -0.05) is 25.1 Å². The molecule has 0 radical (unpaired) electrons. The van der Waals surface area contributed by atoms with E-state index in [-0.39, 0.29) is 0 Å². The predicted molar refractivity (Wildman–Crippen MR) is 76.5 cm³/mol. The maximum atomic E-state index is 12.1. The second-order valence-electron chi connectivity index (χ2n) is 4.12. The molecule has 4 heteroatoms. The fraction of sp³-hybridized carbons (Fsp3) is 0.267. The molecule has 0 saturated heterocycles. The van der Waals surface area contributed by atoms with E-state index in [9.17, 15) is 4.79 Å². The molecule has 19 heavy (non-hydrogen) atoms. The first-order valence-electron chi connectivity index (χ1n) is 6.15. The zero-order valence-corrected chi connectivity index (χ0v) is 11.7. The zero-order chi connectivity index (χ0) is 14.0. The number of fused-ring (bicyclic) bond motifs is 1. The van der Waals surface area contributed by atoms with Crippen molar-refractivity contribution in [3.05, 3.63) is 41.1 Å². The zero-order valence-electron chi connectivity index (χ0n) is 11.0. The number of furan rings is 1. The smallest absolute Gasteiger partial charge is 0.342 e. The minimum atomic E-state index is -0.409. The van der Waals surface area contributed by atoms with Crippen molar-refractivity contribution in [2.45, 2.75) is 20.3 Å². The summed E-state index contributed by atoms with van der Waals surface area (Å²) in [7, 11) is 0. The number of rotatable bonds is 4. The van der Waals surface area contributed by atoms with Gasteiger partial charge in [0, 0.05) is 10.4 Å². The average Bonchev–Trinajstić information content (AvgIpc) is 2.76. The van der Waals surface area contributed by atoms with Crippen molar-refractivity contribution in [2.24, 2.45) is 0 Å². The van der Waals surface area contributed by atoms with Crippen LogP contribution in [0.3, 0.4) is 0 Å². The number of hydrogen-bond donors (Lipinski definition) is 0. The first kappa shape index (κ1) is 13.7. The van der Waals surface area contributed by atoms with Gasteiger partial charge in [-0.15, -0.1) is 0 Å². The van der Waals surface area contributed by atoms with Gasteiger partial charge in [0.2, 0.25) is 0 Å². The van der Waals surface area contributed by atoms with Crippen LogP contribution in [0.5, 0.6) is 0 Å². The van der Waals surface area contributed by atoms with Crippen LogP contribution in [0.25, 0.3) is 16.5 Å². The maximum absolute atomic E-state index is 12.1. The lowest BCUT2D eigenvalue weighted by Gasteiger charge is -2.03. The van der Waals surface area contributed by atoms with Gasteiger partial charge >= 0.3 is 5.97 Å². The number of esters is 1. The summed E-state index contributed by atoms with van der Waals surface area (Å²) in [4.78, 5) is 12.1. The van der Waals surface area contributed by atoms with E-state index in [0.29, 0.717) is 40.3 Å². The van der Waals surface area contributed by atoms with Crippen molar-refractivity contribution >= 4 is 34.1 Å². The lowest BCUT2D eigenvalue weighted by Crippen LogP contribution is -2.06. The molecule has 3 nitrogen and oxygen atoms in total. The van der Waals surface area contributed by atoms with Gasteiger partial charge < -0.3 is 9.15 Å². The number of carbonyl (C=O) groups is 1. The fourth-order valence-corrected chi connectivity index (χ4v) is 2.06. The van der Waals surface area contributed by atoms with Crippen LogP contribution in [0.4, 0.5) is 0 Å². The van der Waals surface area contributed by atoms with Gasteiger partial charge in [-0.2, -0.15) is 0 Å². The van der Waals surface area contributed by atoms with Crippen molar-refractivity contribution in [3.8, 4) is 0 Å². The second-order valence-corrected chi connectivity index (χ2v) is 4.56. The highest BCUT2D eigenvalue weighted by Crippen LogP contribution is 2.33. The lowest BCUT2D eigenvalue weighted by molar-refractivity contribution is 0.0527. The average molecular weight is 279 g/mol. The molecule has 2 rings (SSSR count). The Morgan fingerprint density at radius 1 is 1.42 bits per heavy atom. The fourth-order valence-electron chi connectivity index (χ4n) is 1.89. The van der Waals surface area contributed by atoms with E-state index in [1.807, 2.05) is 6.92 Å².